The molecule has 0 aliphatic rings. The predicted octanol–water partition coefficient (Wildman–Crippen LogP) is 1.97. The van der Waals surface area contributed by atoms with E-state index in [9.17, 15) is 13.2 Å². The minimum absolute atomic E-state index is 0.0754. The highest BCUT2D eigenvalue weighted by atomic mass is 19.4. The van der Waals surface area contributed by atoms with Gasteiger partial charge in [0.25, 0.3) is 0 Å². The lowest BCUT2D eigenvalue weighted by molar-refractivity contribution is -0.138. The Morgan fingerprint density at radius 3 is 1.39 bits per heavy atom. The Kier molecular flexibility index (Phi) is 19.5. The van der Waals surface area contributed by atoms with Crippen molar-refractivity contribution in [2.75, 3.05) is 58.9 Å². The van der Waals surface area contributed by atoms with Crippen molar-refractivity contribution in [3.63, 3.8) is 0 Å². The van der Waals surface area contributed by atoms with Crippen molar-refractivity contribution < 1.29 is 13.2 Å². The minimum atomic E-state index is -4.48. The van der Waals surface area contributed by atoms with E-state index in [0.29, 0.717) is 51.0 Å². The van der Waals surface area contributed by atoms with Gasteiger partial charge in [-0.3, -0.25) is 0 Å². The number of benzene rings is 2. The SMILES string of the molecule is NCCCNCCC(N)Cc1cc(CC(N)CCNCCCN)cc(-c2ccc(C(F)(F)F)c(CC(N)CCNCCCN)c2)c1. The fourth-order valence-electron chi connectivity index (χ4n) is 5.50. The second-order valence-electron chi connectivity index (χ2n) is 12.3. The van der Waals surface area contributed by atoms with Gasteiger partial charge in [0.1, 0.15) is 0 Å². The molecule has 3 unspecified atom stereocenters. The fourth-order valence-corrected chi connectivity index (χ4v) is 5.50. The first kappa shape index (κ1) is 40.0. The zero-order chi connectivity index (χ0) is 33.8. The van der Waals surface area contributed by atoms with Gasteiger partial charge in [0.2, 0.25) is 0 Å². The average Bonchev–Trinajstić information content (AvgIpc) is 3.00. The van der Waals surface area contributed by atoms with E-state index in [1.165, 1.54) is 6.07 Å². The lowest BCUT2D eigenvalue weighted by atomic mass is 9.90. The molecule has 12 heteroatoms. The molecule has 0 aliphatic heterocycles. The summed E-state index contributed by atoms with van der Waals surface area (Å²) < 4.78 is 42.2. The molecule has 0 aromatic heterocycles. The summed E-state index contributed by atoms with van der Waals surface area (Å²) in [4.78, 5) is 0. The number of rotatable bonds is 25. The van der Waals surface area contributed by atoms with Crippen LogP contribution in [0.5, 0.6) is 0 Å². The highest BCUT2D eigenvalue weighted by Crippen LogP contribution is 2.35. The maximum atomic E-state index is 14.1. The number of hydrogen-bond acceptors (Lipinski definition) is 9. The highest BCUT2D eigenvalue weighted by molar-refractivity contribution is 5.67. The minimum Gasteiger partial charge on any atom is -0.330 e. The van der Waals surface area contributed by atoms with Crippen LogP contribution in [0.25, 0.3) is 11.1 Å². The van der Waals surface area contributed by atoms with Gasteiger partial charge < -0.3 is 50.4 Å². The van der Waals surface area contributed by atoms with Crippen molar-refractivity contribution in [1.29, 1.82) is 0 Å². The van der Waals surface area contributed by atoms with Crippen molar-refractivity contribution in [2.45, 2.75) is 82.1 Å². The first-order valence-corrected chi connectivity index (χ1v) is 16.9. The van der Waals surface area contributed by atoms with Gasteiger partial charge in [-0.15, -0.1) is 0 Å². The first-order valence-electron chi connectivity index (χ1n) is 16.9. The third-order valence-corrected chi connectivity index (χ3v) is 8.02. The van der Waals surface area contributed by atoms with Crippen LogP contribution >= 0.6 is 0 Å². The molecule has 0 radical (unpaired) electrons. The van der Waals surface area contributed by atoms with Gasteiger partial charge in [0.15, 0.2) is 0 Å². The summed E-state index contributed by atoms with van der Waals surface area (Å²) in [5, 5.41) is 9.99. The van der Waals surface area contributed by atoms with E-state index in [0.717, 1.165) is 81.5 Å². The molecular formula is C34H60F3N9. The monoisotopic (exact) mass is 651 g/mol. The van der Waals surface area contributed by atoms with Crippen LogP contribution in [0.1, 0.15) is 60.8 Å². The van der Waals surface area contributed by atoms with Gasteiger partial charge in [0, 0.05) is 18.1 Å². The van der Waals surface area contributed by atoms with Crippen LogP contribution in [0.15, 0.2) is 36.4 Å². The topological polar surface area (TPSA) is 192 Å². The molecule has 0 heterocycles. The Morgan fingerprint density at radius 1 is 0.543 bits per heavy atom. The molecule has 0 bridgehead atoms. The Morgan fingerprint density at radius 2 is 0.978 bits per heavy atom. The quantitative estimate of drug-likeness (QED) is 0.0722. The summed E-state index contributed by atoms with van der Waals surface area (Å²) in [5.41, 5.74) is 39.3. The summed E-state index contributed by atoms with van der Waals surface area (Å²) in [6, 6.07) is 10.0. The largest absolute Gasteiger partial charge is 0.416 e. The fraction of sp³-hybridized carbons (Fsp3) is 0.647. The van der Waals surface area contributed by atoms with Gasteiger partial charge in [-0.1, -0.05) is 30.3 Å². The second kappa shape index (κ2) is 22.4. The van der Waals surface area contributed by atoms with Crippen molar-refractivity contribution in [2.24, 2.45) is 34.4 Å². The van der Waals surface area contributed by atoms with E-state index < -0.39 is 17.8 Å². The lowest BCUT2D eigenvalue weighted by Gasteiger charge is -2.20. The van der Waals surface area contributed by atoms with Crippen molar-refractivity contribution in [3.8, 4) is 11.1 Å². The van der Waals surface area contributed by atoms with Gasteiger partial charge in [0.05, 0.1) is 5.56 Å². The Hall–Kier alpha value is -2.13. The van der Waals surface area contributed by atoms with E-state index >= 15 is 0 Å². The Balaban J connectivity index is 2.30. The van der Waals surface area contributed by atoms with Crippen LogP contribution in [0.4, 0.5) is 13.2 Å². The van der Waals surface area contributed by atoms with Gasteiger partial charge in [-0.05, 0) is 151 Å². The number of alkyl halides is 3. The maximum Gasteiger partial charge on any atom is 0.416 e. The number of nitrogens with two attached hydrogens (primary N) is 6. The van der Waals surface area contributed by atoms with Crippen molar-refractivity contribution in [3.05, 3.63) is 58.7 Å². The zero-order valence-corrected chi connectivity index (χ0v) is 27.5. The first-order chi connectivity index (χ1) is 22.1. The Labute approximate surface area is 274 Å². The average molecular weight is 652 g/mol. The molecule has 0 aliphatic carbocycles. The van der Waals surface area contributed by atoms with E-state index in [1.54, 1.807) is 12.1 Å². The molecule has 0 fully saturated rings. The Bertz CT molecular complexity index is 1060. The summed E-state index contributed by atoms with van der Waals surface area (Å²) in [6.45, 7) is 6.55. The zero-order valence-electron chi connectivity index (χ0n) is 27.5. The third-order valence-electron chi connectivity index (χ3n) is 8.02. The molecule has 0 saturated heterocycles. The van der Waals surface area contributed by atoms with Crippen molar-refractivity contribution in [1.82, 2.24) is 16.0 Å². The molecule has 15 N–H and O–H groups in total. The molecule has 3 atom stereocenters. The van der Waals surface area contributed by atoms with Crippen LogP contribution in [0.3, 0.4) is 0 Å². The molecule has 2 aromatic carbocycles. The summed E-state index contributed by atoms with van der Waals surface area (Å²) in [7, 11) is 0. The molecule has 262 valence electrons. The summed E-state index contributed by atoms with van der Waals surface area (Å²) in [6.07, 6.45) is 1.74. The summed E-state index contributed by atoms with van der Waals surface area (Å²) >= 11 is 0. The van der Waals surface area contributed by atoms with Gasteiger partial charge in [-0.2, -0.15) is 13.2 Å². The van der Waals surface area contributed by atoms with Crippen molar-refractivity contribution >= 4 is 0 Å². The highest BCUT2D eigenvalue weighted by Gasteiger charge is 2.33. The van der Waals surface area contributed by atoms with Gasteiger partial charge in [-0.25, -0.2) is 0 Å². The van der Waals surface area contributed by atoms with E-state index in [-0.39, 0.29) is 24.1 Å². The van der Waals surface area contributed by atoms with Crippen LogP contribution in [-0.4, -0.2) is 77.0 Å². The molecule has 0 amide bonds. The molecule has 0 saturated carbocycles. The number of nitrogens with one attached hydrogen (secondary N) is 3. The predicted molar refractivity (Wildman–Crippen MR) is 185 cm³/mol. The van der Waals surface area contributed by atoms with E-state index in [1.807, 2.05) is 12.1 Å². The molecule has 9 nitrogen and oxygen atoms in total. The normalized spacial score (nSPS) is 14.0. The van der Waals surface area contributed by atoms with Crippen LogP contribution < -0.4 is 50.4 Å². The maximum absolute atomic E-state index is 14.1. The summed E-state index contributed by atoms with van der Waals surface area (Å²) in [5.74, 6) is 0. The van der Waals surface area contributed by atoms with Crippen LogP contribution in [-0.2, 0) is 25.4 Å². The van der Waals surface area contributed by atoms with Crippen LogP contribution in [0.2, 0.25) is 0 Å². The molecular weight excluding hydrogens is 591 g/mol. The smallest absolute Gasteiger partial charge is 0.330 e. The molecule has 0 spiro atoms. The number of hydrogen-bond donors (Lipinski definition) is 9. The van der Waals surface area contributed by atoms with Gasteiger partial charge >= 0.3 is 6.18 Å². The molecule has 2 rings (SSSR count). The number of halogens is 3. The van der Waals surface area contributed by atoms with E-state index in [4.69, 9.17) is 34.4 Å². The van der Waals surface area contributed by atoms with Crippen LogP contribution in [0, 0.1) is 0 Å². The standard InChI is InChI=1S/C34H60F3N9/c35-34(36,37)33-5-4-27(23-29(33)24-32(43)8-17-46-14-3-11-40)28-19-25(21-30(41)6-15-44-12-1-9-38)18-26(20-28)22-31(42)7-16-45-13-2-10-39/h4-5,18-20,23,30-32,44-46H,1-3,6-17,21-22,24,38-43H2. The third kappa shape index (κ3) is 16.1. The van der Waals surface area contributed by atoms with E-state index in [2.05, 4.69) is 22.0 Å². The molecule has 46 heavy (non-hydrogen) atoms. The molecule has 2 aromatic rings. The second-order valence-corrected chi connectivity index (χ2v) is 12.3. The lowest BCUT2D eigenvalue weighted by Crippen LogP contribution is -2.30.